The van der Waals surface area contributed by atoms with E-state index in [1.807, 2.05) is 54.6 Å². The van der Waals surface area contributed by atoms with Crippen LogP contribution in [0.25, 0.3) is 10.9 Å². The van der Waals surface area contributed by atoms with Gasteiger partial charge in [-0.25, -0.2) is 0 Å². The van der Waals surface area contributed by atoms with Crippen LogP contribution in [0, 0.1) is 0 Å². The Morgan fingerprint density at radius 1 is 1.09 bits per heavy atom. The lowest BCUT2D eigenvalue weighted by Gasteiger charge is -2.17. The predicted octanol–water partition coefficient (Wildman–Crippen LogP) is 4.46. The lowest BCUT2D eigenvalue weighted by atomic mass is 10.1. The minimum Gasteiger partial charge on any atom is -0.310 e. The number of anilines is 1. The molecule has 0 unspecified atom stereocenters. The fourth-order valence-electron chi connectivity index (χ4n) is 2.66. The fourth-order valence-corrected chi connectivity index (χ4v) is 2.66. The normalized spacial score (nSPS) is 10.7. The Bertz CT molecular complexity index is 824. The molecule has 0 radical (unpaired) electrons. The quantitative estimate of drug-likeness (QED) is 0.713. The number of fused-ring (bicyclic) bond motifs is 1. The molecule has 0 N–H and O–H groups in total. The van der Waals surface area contributed by atoms with Crippen molar-refractivity contribution < 1.29 is 4.79 Å². The van der Waals surface area contributed by atoms with Crippen molar-refractivity contribution in [3.63, 3.8) is 0 Å². The molecule has 0 aliphatic heterocycles. The number of nitrogens with zero attached hydrogens (tertiary/aromatic N) is 2. The number of aryl methyl sites for hydroxylation is 1. The third-order valence-corrected chi connectivity index (χ3v) is 4.01. The van der Waals surface area contributed by atoms with Crippen LogP contribution in [0.4, 0.5) is 5.69 Å². The summed E-state index contributed by atoms with van der Waals surface area (Å²) < 4.78 is 0. The zero-order valence-corrected chi connectivity index (χ0v) is 13.5. The zero-order valence-electron chi connectivity index (χ0n) is 13.5. The fraction of sp³-hybridized carbons (Fsp3) is 0.200. The van der Waals surface area contributed by atoms with E-state index in [1.54, 1.807) is 18.1 Å². The van der Waals surface area contributed by atoms with Crippen LogP contribution in [0.2, 0.25) is 0 Å². The van der Waals surface area contributed by atoms with Gasteiger partial charge >= 0.3 is 0 Å². The van der Waals surface area contributed by atoms with Crippen LogP contribution in [0.1, 0.15) is 29.3 Å². The van der Waals surface area contributed by atoms with E-state index in [9.17, 15) is 4.79 Å². The van der Waals surface area contributed by atoms with E-state index < -0.39 is 0 Å². The van der Waals surface area contributed by atoms with E-state index in [2.05, 4.69) is 11.9 Å². The van der Waals surface area contributed by atoms with Crippen LogP contribution >= 0.6 is 0 Å². The van der Waals surface area contributed by atoms with Crippen molar-refractivity contribution >= 4 is 22.5 Å². The van der Waals surface area contributed by atoms with Gasteiger partial charge in [0.05, 0.1) is 17.4 Å². The molecule has 1 aromatic heterocycles. The Labute approximate surface area is 136 Å². The number of carbonyl (C=O) groups is 1. The van der Waals surface area contributed by atoms with Crippen LogP contribution in [0.3, 0.4) is 0 Å². The molecule has 0 bridgehead atoms. The summed E-state index contributed by atoms with van der Waals surface area (Å²) >= 11 is 0. The molecule has 0 atom stereocenters. The Kier molecular flexibility index (Phi) is 4.38. The SMILES string of the molecule is CCCc1ccc(C(=O)N(C)c2cnc3ccccc3c2)cc1. The maximum Gasteiger partial charge on any atom is 0.258 e. The Balaban J connectivity index is 1.85. The van der Waals surface area contributed by atoms with Crippen molar-refractivity contribution in [1.29, 1.82) is 0 Å². The molecule has 3 heteroatoms. The van der Waals surface area contributed by atoms with E-state index in [1.165, 1.54) is 5.56 Å². The average Bonchev–Trinajstić information content (AvgIpc) is 2.61. The molecule has 0 saturated heterocycles. The van der Waals surface area contributed by atoms with E-state index >= 15 is 0 Å². The van der Waals surface area contributed by atoms with Gasteiger partial charge < -0.3 is 4.90 Å². The van der Waals surface area contributed by atoms with Crippen molar-refractivity contribution in [2.24, 2.45) is 0 Å². The first-order valence-corrected chi connectivity index (χ1v) is 7.91. The van der Waals surface area contributed by atoms with Gasteiger partial charge in [-0.3, -0.25) is 9.78 Å². The molecule has 1 amide bonds. The summed E-state index contributed by atoms with van der Waals surface area (Å²) in [6.45, 7) is 2.15. The summed E-state index contributed by atoms with van der Waals surface area (Å²) in [6.07, 6.45) is 3.89. The molecule has 0 fully saturated rings. The highest BCUT2D eigenvalue weighted by atomic mass is 16.2. The van der Waals surface area contributed by atoms with Crippen LogP contribution in [0.5, 0.6) is 0 Å². The van der Waals surface area contributed by atoms with Crippen LogP contribution < -0.4 is 4.90 Å². The highest BCUT2D eigenvalue weighted by Gasteiger charge is 2.14. The van der Waals surface area contributed by atoms with Gasteiger partial charge in [0.25, 0.3) is 5.91 Å². The molecule has 0 aliphatic carbocycles. The molecule has 116 valence electrons. The molecular formula is C20H20N2O. The summed E-state index contributed by atoms with van der Waals surface area (Å²) in [4.78, 5) is 18.7. The van der Waals surface area contributed by atoms with Gasteiger partial charge in [0.15, 0.2) is 0 Å². The first-order chi connectivity index (χ1) is 11.2. The standard InChI is InChI=1S/C20H20N2O/c1-3-6-15-9-11-16(12-10-15)20(23)22(2)18-13-17-7-4-5-8-19(17)21-14-18/h4-5,7-14H,3,6H2,1-2H3. The van der Waals surface area contributed by atoms with Crippen molar-refractivity contribution in [1.82, 2.24) is 4.98 Å². The lowest BCUT2D eigenvalue weighted by molar-refractivity contribution is 0.0993. The minimum absolute atomic E-state index is 0.0230. The van der Waals surface area contributed by atoms with Crippen LogP contribution in [-0.4, -0.2) is 17.9 Å². The number of amides is 1. The molecule has 0 spiro atoms. The van der Waals surface area contributed by atoms with E-state index in [0.717, 1.165) is 29.4 Å². The molecule has 0 aliphatic rings. The third kappa shape index (κ3) is 3.24. The monoisotopic (exact) mass is 304 g/mol. The van der Waals surface area contributed by atoms with Crippen LogP contribution in [0.15, 0.2) is 60.8 Å². The van der Waals surface area contributed by atoms with Gasteiger partial charge in [-0.05, 0) is 36.2 Å². The number of pyridine rings is 1. The molecule has 3 aromatic rings. The second-order valence-electron chi connectivity index (χ2n) is 5.70. The molecule has 3 rings (SSSR count). The smallest absolute Gasteiger partial charge is 0.258 e. The third-order valence-electron chi connectivity index (χ3n) is 4.01. The number of aromatic nitrogens is 1. The Morgan fingerprint density at radius 2 is 1.83 bits per heavy atom. The lowest BCUT2D eigenvalue weighted by Crippen LogP contribution is -2.26. The van der Waals surface area contributed by atoms with E-state index in [0.29, 0.717) is 5.56 Å². The second-order valence-corrected chi connectivity index (χ2v) is 5.70. The van der Waals surface area contributed by atoms with Gasteiger partial charge in [0, 0.05) is 18.0 Å². The van der Waals surface area contributed by atoms with E-state index in [-0.39, 0.29) is 5.91 Å². The summed E-state index contributed by atoms with van der Waals surface area (Å²) in [5, 5.41) is 1.03. The first kappa shape index (κ1) is 15.2. The van der Waals surface area contributed by atoms with Gasteiger partial charge in [-0.1, -0.05) is 43.7 Å². The molecule has 1 heterocycles. The molecule has 0 saturated carbocycles. The van der Waals surface area contributed by atoms with Gasteiger partial charge in [-0.15, -0.1) is 0 Å². The summed E-state index contributed by atoms with van der Waals surface area (Å²) in [5.41, 5.74) is 3.69. The molecule has 23 heavy (non-hydrogen) atoms. The van der Waals surface area contributed by atoms with Crippen molar-refractivity contribution in [3.05, 3.63) is 71.9 Å². The Hall–Kier alpha value is -2.68. The summed E-state index contributed by atoms with van der Waals surface area (Å²) in [6, 6.07) is 17.8. The largest absolute Gasteiger partial charge is 0.310 e. The maximum atomic E-state index is 12.6. The first-order valence-electron chi connectivity index (χ1n) is 7.91. The highest BCUT2D eigenvalue weighted by molar-refractivity contribution is 6.06. The minimum atomic E-state index is -0.0230. The van der Waals surface area contributed by atoms with E-state index in [4.69, 9.17) is 0 Å². The van der Waals surface area contributed by atoms with Crippen molar-refractivity contribution in [2.45, 2.75) is 19.8 Å². The van der Waals surface area contributed by atoms with Gasteiger partial charge in [-0.2, -0.15) is 0 Å². The molecule has 2 aromatic carbocycles. The zero-order chi connectivity index (χ0) is 16.2. The van der Waals surface area contributed by atoms with Crippen molar-refractivity contribution in [2.75, 3.05) is 11.9 Å². The summed E-state index contributed by atoms with van der Waals surface area (Å²) in [5.74, 6) is -0.0230. The highest BCUT2D eigenvalue weighted by Crippen LogP contribution is 2.20. The Morgan fingerprint density at radius 3 is 2.57 bits per heavy atom. The van der Waals surface area contributed by atoms with Gasteiger partial charge in [0.1, 0.15) is 0 Å². The molecule has 3 nitrogen and oxygen atoms in total. The van der Waals surface area contributed by atoms with Crippen LogP contribution in [-0.2, 0) is 6.42 Å². The number of carbonyl (C=O) groups excluding carboxylic acids is 1. The molecular weight excluding hydrogens is 284 g/mol. The number of hydrogen-bond donors (Lipinski definition) is 0. The average molecular weight is 304 g/mol. The van der Waals surface area contributed by atoms with Crippen molar-refractivity contribution in [3.8, 4) is 0 Å². The maximum absolute atomic E-state index is 12.6. The number of para-hydroxylation sites is 1. The second kappa shape index (κ2) is 6.61. The topological polar surface area (TPSA) is 33.2 Å². The van der Waals surface area contributed by atoms with Gasteiger partial charge in [0.2, 0.25) is 0 Å². The number of rotatable bonds is 4. The number of hydrogen-bond acceptors (Lipinski definition) is 2. The predicted molar refractivity (Wildman–Crippen MR) is 94.9 cm³/mol. The summed E-state index contributed by atoms with van der Waals surface area (Å²) in [7, 11) is 1.79. The number of benzene rings is 2.